The van der Waals surface area contributed by atoms with Crippen molar-refractivity contribution in [3.8, 4) is 17.1 Å². The summed E-state index contributed by atoms with van der Waals surface area (Å²) in [5.74, 6) is 1.18. The van der Waals surface area contributed by atoms with Crippen LogP contribution in [-0.2, 0) is 4.79 Å². The molecule has 98 valence electrons. The second-order valence-corrected chi connectivity index (χ2v) is 3.92. The van der Waals surface area contributed by atoms with Crippen LogP contribution in [0.2, 0.25) is 0 Å². The van der Waals surface area contributed by atoms with Crippen molar-refractivity contribution in [3.05, 3.63) is 36.1 Å². The molecule has 1 aromatic carbocycles. The summed E-state index contributed by atoms with van der Waals surface area (Å²) in [6.45, 7) is 1.43. The van der Waals surface area contributed by atoms with E-state index in [9.17, 15) is 9.59 Å². The van der Waals surface area contributed by atoms with Crippen LogP contribution in [0.1, 0.15) is 17.5 Å². The molecule has 0 radical (unpaired) electrons. The summed E-state index contributed by atoms with van der Waals surface area (Å²) in [7, 11) is 1.52. The van der Waals surface area contributed by atoms with Crippen LogP contribution in [0.4, 0.5) is 5.69 Å². The van der Waals surface area contributed by atoms with E-state index in [1.807, 2.05) is 0 Å². The van der Waals surface area contributed by atoms with Gasteiger partial charge in [0.2, 0.25) is 5.91 Å². The quantitative estimate of drug-likeness (QED) is 0.857. The molecule has 0 fully saturated rings. The zero-order chi connectivity index (χ0) is 13.8. The highest BCUT2D eigenvalue weighted by Gasteiger charge is 2.09. The molecule has 0 saturated carbocycles. The summed E-state index contributed by atoms with van der Waals surface area (Å²) in [6, 6.07) is 8.53. The predicted molar refractivity (Wildman–Crippen MR) is 70.4 cm³/mol. The molecule has 0 bridgehead atoms. The van der Waals surface area contributed by atoms with Gasteiger partial charge in [0, 0.05) is 12.5 Å². The highest BCUT2D eigenvalue weighted by Crippen LogP contribution is 2.31. The molecule has 0 aliphatic heterocycles. The lowest BCUT2D eigenvalue weighted by atomic mass is 10.1. The smallest absolute Gasteiger partial charge is 0.221 e. The lowest BCUT2D eigenvalue weighted by Crippen LogP contribution is -2.07. The topological polar surface area (TPSA) is 68.5 Å². The number of anilines is 1. The monoisotopic (exact) mass is 259 g/mol. The first-order chi connectivity index (χ1) is 9.13. The Labute approximate surface area is 110 Å². The zero-order valence-electron chi connectivity index (χ0n) is 10.6. The number of amides is 1. The molecule has 0 atom stereocenters. The third-order valence-corrected chi connectivity index (χ3v) is 2.54. The number of carbonyl (C=O) groups excluding carboxylic acids is 2. The van der Waals surface area contributed by atoms with Crippen LogP contribution < -0.4 is 10.1 Å². The number of hydrogen-bond donors (Lipinski definition) is 1. The van der Waals surface area contributed by atoms with E-state index in [4.69, 9.17) is 9.15 Å². The van der Waals surface area contributed by atoms with Crippen LogP contribution >= 0.6 is 0 Å². The Bertz CT molecular complexity index is 616. The van der Waals surface area contributed by atoms with Crippen molar-refractivity contribution in [2.45, 2.75) is 6.92 Å². The Hall–Kier alpha value is -2.56. The predicted octanol–water partition coefficient (Wildman–Crippen LogP) is 2.73. The van der Waals surface area contributed by atoms with Crippen molar-refractivity contribution in [3.63, 3.8) is 0 Å². The standard InChI is InChI=1S/C14H13NO4/c1-9(17)15-12-5-3-10(7-14(12)18-2)13-6-4-11(8-16)19-13/h3-8H,1-2H3,(H,15,17). The minimum Gasteiger partial charge on any atom is -0.495 e. The van der Waals surface area contributed by atoms with Gasteiger partial charge >= 0.3 is 0 Å². The first-order valence-corrected chi connectivity index (χ1v) is 5.65. The van der Waals surface area contributed by atoms with Crippen molar-refractivity contribution in [2.24, 2.45) is 0 Å². The van der Waals surface area contributed by atoms with E-state index in [2.05, 4.69) is 5.32 Å². The minimum atomic E-state index is -0.174. The largest absolute Gasteiger partial charge is 0.495 e. The molecule has 5 heteroatoms. The maximum atomic E-state index is 11.1. The number of rotatable bonds is 4. The van der Waals surface area contributed by atoms with Crippen molar-refractivity contribution >= 4 is 17.9 Å². The van der Waals surface area contributed by atoms with E-state index < -0.39 is 0 Å². The van der Waals surface area contributed by atoms with Gasteiger partial charge in [0.05, 0.1) is 12.8 Å². The van der Waals surface area contributed by atoms with Gasteiger partial charge < -0.3 is 14.5 Å². The maximum absolute atomic E-state index is 11.1. The summed E-state index contributed by atoms with van der Waals surface area (Å²) < 4.78 is 10.5. The summed E-state index contributed by atoms with van der Waals surface area (Å²) in [6.07, 6.45) is 0.645. The van der Waals surface area contributed by atoms with E-state index in [0.29, 0.717) is 23.5 Å². The Morgan fingerprint density at radius 2 is 2.11 bits per heavy atom. The number of carbonyl (C=O) groups is 2. The lowest BCUT2D eigenvalue weighted by Gasteiger charge is -2.09. The second-order valence-electron chi connectivity index (χ2n) is 3.92. The molecule has 1 amide bonds. The first kappa shape index (κ1) is 12.9. The number of methoxy groups -OCH3 is 1. The van der Waals surface area contributed by atoms with Gasteiger partial charge in [-0.3, -0.25) is 9.59 Å². The Kier molecular flexibility index (Phi) is 3.66. The van der Waals surface area contributed by atoms with Gasteiger partial charge in [-0.15, -0.1) is 0 Å². The molecule has 0 saturated heterocycles. The maximum Gasteiger partial charge on any atom is 0.221 e. The van der Waals surface area contributed by atoms with Crippen molar-refractivity contribution in [1.82, 2.24) is 0 Å². The van der Waals surface area contributed by atoms with Gasteiger partial charge in [-0.05, 0) is 30.3 Å². The number of hydrogen-bond acceptors (Lipinski definition) is 4. The molecule has 0 unspecified atom stereocenters. The highest BCUT2D eigenvalue weighted by atomic mass is 16.5. The van der Waals surface area contributed by atoms with Gasteiger partial charge in [0.15, 0.2) is 12.0 Å². The highest BCUT2D eigenvalue weighted by molar-refractivity contribution is 5.91. The normalized spacial score (nSPS) is 10.0. The third-order valence-electron chi connectivity index (χ3n) is 2.54. The second kappa shape index (κ2) is 5.39. The molecular formula is C14H13NO4. The summed E-state index contributed by atoms with van der Waals surface area (Å²) in [4.78, 5) is 21.6. The number of furan rings is 1. The van der Waals surface area contributed by atoms with Gasteiger partial charge in [0.1, 0.15) is 11.5 Å². The van der Waals surface area contributed by atoms with Gasteiger partial charge in [0.25, 0.3) is 0 Å². The molecule has 1 N–H and O–H groups in total. The van der Waals surface area contributed by atoms with Gasteiger partial charge in [-0.2, -0.15) is 0 Å². The lowest BCUT2D eigenvalue weighted by molar-refractivity contribution is -0.114. The first-order valence-electron chi connectivity index (χ1n) is 5.65. The Morgan fingerprint density at radius 3 is 2.68 bits per heavy atom. The SMILES string of the molecule is COc1cc(-c2ccc(C=O)o2)ccc1NC(C)=O. The molecule has 0 aliphatic rings. The number of nitrogens with one attached hydrogen (secondary N) is 1. The molecule has 0 spiro atoms. The van der Waals surface area contributed by atoms with E-state index in [0.717, 1.165) is 5.56 Å². The molecule has 5 nitrogen and oxygen atoms in total. The van der Waals surface area contributed by atoms with Crippen LogP contribution in [0.3, 0.4) is 0 Å². The third kappa shape index (κ3) is 2.82. The Morgan fingerprint density at radius 1 is 1.32 bits per heavy atom. The molecule has 0 aliphatic carbocycles. The van der Waals surface area contributed by atoms with Gasteiger partial charge in [-0.25, -0.2) is 0 Å². The van der Waals surface area contributed by atoms with Crippen LogP contribution in [0.15, 0.2) is 34.7 Å². The molecule has 2 rings (SSSR count). The number of ether oxygens (including phenoxy) is 1. The fraction of sp³-hybridized carbons (Fsp3) is 0.143. The number of aldehydes is 1. The van der Waals surface area contributed by atoms with Crippen LogP contribution in [0.5, 0.6) is 5.75 Å². The van der Waals surface area contributed by atoms with Crippen molar-refractivity contribution < 1.29 is 18.7 Å². The fourth-order valence-electron chi connectivity index (χ4n) is 1.71. The van der Waals surface area contributed by atoms with E-state index in [-0.39, 0.29) is 11.7 Å². The fourth-order valence-corrected chi connectivity index (χ4v) is 1.71. The van der Waals surface area contributed by atoms with Crippen LogP contribution in [0.25, 0.3) is 11.3 Å². The molecule has 1 heterocycles. The average molecular weight is 259 g/mol. The summed E-state index contributed by atoms with van der Waals surface area (Å²) in [5, 5.41) is 2.67. The molecular weight excluding hydrogens is 246 g/mol. The van der Waals surface area contributed by atoms with E-state index in [1.54, 1.807) is 30.3 Å². The molecule has 1 aromatic heterocycles. The molecule has 19 heavy (non-hydrogen) atoms. The van der Waals surface area contributed by atoms with Crippen molar-refractivity contribution in [1.29, 1.82) is 0 Å². The summed E-state index contributed by atoms with van der Waals surface area (Å²) >= 11 is 0. The molecule has 2 aromatic rings. The van der Waals surface area contributed by atoms with Crippen LogP contribution in [-0.4, -0.2) is 19.3 Å². The van der Waals surface area contributed by atoms with E-state index >= 15 is 0 Å². The number of benzene rings is 1. The average Bonchev–Trinajstić information content (AvgIpc) is 2.87. The Balaban J connectivity index is 2.37. The van der Waals surface area contributed by atoms with Crippen molar-refractivity contribution in [2.75, 3.05) is 12.4 Å². The van der Waals surface area contributed by atoms with Gasteiger partial charge in [-0.1, -0.05) is 0 Å². The zero-order valence-corrected chi connectivity index (χ0v) is 10.6. The minimum absolute atomic E-state index is 0.174. The summed E-state index contributed by atoms with van der Waals surface area (Å²) in [5.41, 5.74) is 1.35. The van der Waals surface area contributed by atoms with E-state index in [1.165, 1.54) is 14.0 Å². The van der Waals surface area contributed by atoms with Crippen LogP contribution in [0, 0.1) is 0 Å².